The van der Waals surface area contributed by atoms with Gasteiger partial charge >= 0.3 is 5.97 Å². The van der Waals surface area contributed by atoms with Crippen molar-refractivity contribution in [3.63, 3.8) is 0 Å². The molecule has 0 saturated carbocycles. The Bertz CT molecular complexity index is 553. The van der Waals surface area contributed by atoms with E-state index in [2.05, 4.69) is 10.2 Å². The fourth-order valence-electron chi connectivity index (χ4n) is 1.46. The fourth-order valence-corrected chi connectivity index (χ4v) is 2.71. The predicted octanol–water partition coefficient (Wildman–Crippen LogP) is 0.970. The first-order chi connectivity index (χ1) is 8.77. The SMILES string of the molecule is CCCn1c(SCC(=O)O)nnc1C(C)S(C)(=O)=O. The maximum Gasteiger partial charge on any atom is 0.313 e. The summed E-state index contributed by atoms with van der Waals surface area (Å²) in [4.78, 5) is 10.6. The van der Waals surface area contributed by atoms with Crippen LogP contribution in [0.2, 0.25) is 0 Å². The molecule has 0 radical (unpaired) electrons. The molecule has 0 aliphatic heterocycles. The van der Waals surface area contributed by atoms with E-state index in [1.807, 2.05) is 6.92 Å². The Hall–Kier alpha value is -1.09. The van der Waals surface area contributed by atoms with Crippen molar-refractivity contribution in [2.45, 2.75) is 37.2 Å². The van der Waals surface area contributed by atoms with Crippen molar-refractivity contribution in [2.24, 2.45) is 0 Å². The highest BCUT2D eigenvalue weighted by Crippen LogP contribution is 2.24. The van der Waals surface area contributed by atoms with Gasteiger partial charge in [0.1, 0.15) is 5.25 Å². The summed E-state index contributed by atoms with van der Waals surface area (Å²) >= 11 is 1.04. The van der Waals surface area contributed by atoms with Crippen LogP contribution in [0.4, 0.5) is 0 Å². The van der Waals surface area contributed by atoms with Crippen molar-refractivity contribution in [2.75, 3.05) is 12.0 Å². The zero-order valence-corrected chi connectivity index (χ0v) is 12.7. The van der Waals surface area contributed by atoms with Gasteiger partial charge in [0.25, 0.3) is 0 Å². The van der Waals surface area contributed by atoms with Crippen molar-refractivity contribution in [1.29, 1.82) is 0 Å². The second-order valence-corrected chi connectivity index (χ2v) is 7.46. The monoisotopic (exact) mass is 307 g/mol. The molecule has 108 valence electrons. The lowest BCUT2D eigenvalue weighted by atomic mass is 10.4. The summed E-state index contributed by atoms with van der Waals surface area (Å²) < 4.78 is 24.8. The summed E-state index contributed by atoms with van der Waals surface area (Å²) in [6, 6.07) is 0. The van der Waals surface area contributed by atoms with Crippen molar-refractivity contribution >= 4 is 27.6 Å². The van der Waals surface area contributed by atoms with E-state index in [-0.39, 0.29) is 5.75 Å². The Kier molecular flexibility index (Phi) is 5.36. The van der Waals surface area contributed by atoms with Gasteiger partial charge in [-0.15, -0.1) is 10.2 Å². The number of hydrogen-bond donors (Lipinski definition) is 1. The molecule has 7 nitrogen and oxygen atoms in total. The summed E-state index contributed by atoms with van der Waals surface area (Å²) in [5.74, 6) is -0.722. The average Bonchev–Trinajstić information content (AvgIpc) is 2.68. The number of aromatic nitrogens is 3. The van der Waals surface area contributed by atoms with E-state index in [0.29, 0.717) is 17.5 Å². The van der Waals surface area contributed by atoms with E-state index in [1.54, 1.807) is 11.5 Å². The minimum Gasteiger partial charge on any atom is -0.481 e. The number of rotatable bonds is 7. The van der Waals surface area contributed by atoms with Crippen molar-refractivity contribution in [1.82, 2.24) is 14.8 Å². The van der Waals surface area contributed by atoms with E-state index in [9.17, 15) is 13.2 Å². The molecule has 1 atom stereocenters. The van der Waals surface area contributed by atoms with Gasteiger partial charge in [0.05, 0.1) is 5.75 Å². The van der Waals surface area contributed by atoms with Crippen molar-refractivity contribution in [3.05, 3.63) is 5.82 Å². The quantitative estimate of drug-likeness (QED) is 0.749. The topological polar surface area (TPSA) is 102 Å². The molecule has 0 fully saturated rings. The van der Waals surface area contributed by atoms with Crippen molar-refractivity contribution < 1.29 is 18.3 Å². The Balaban J connectivity index is 3.09. The lowest BCUT2D eigenvalue weighted by Gasteiger charge is -2.12. The van der Waals surface area contributed by atoms with Crippen LogP contribution in [-0.2, 0) is 21.2 Å². The normalized spacial score (nSPS) is 13.4. The fraction of sp³-hybridized carbons (Fsp3) is 0.700. The number of carboxylic acids is 1. The molecule has 0 bridgehead atoms. The molecule has 9 heteroatoms. The molecule has 1 aromatic rings. The zero-order valence-electron chi connectivity index (χ0n) is 11.0. The molecule has 1 N–H and O–H groups in total. The van der Waals surface area contributed by atoms with Gasteiger partial charge in [0.15, 0.2) is 20.8 Å². The van der Waals surface area contributed by atoms with Gasteiger partial charge in [-0.2, -0.15) is 0 Å². The molecule has 0 amide bonds. The van der Waals surface area contributed by atoms with Crippen molar-refractivity contribution in [3.8, 4) is 0 Å². The molecule has 1 heterocycles. The maximum absolute atomic E-state index is 11.6. The van der Waals surface area contributed by atoms with Gasteiger partial charge in [-0.05, 0) is 13.3 Å². The van der Waals surface area contributed by atoms with E-state index in [0.717, 1.165) is 24.4 Å². The third-order valence-electron chi connectivity index (χ3n) is 2.52. The number of sulfone groups is 1. The Labute approximate surface area is 116 Å². The standard InChI is InChI=1S/C10H17N3O4S2/c1-4-5-13-9(7(2)19(3,16)17)11-12-10(13)18-6-8(14)15/h7H,4-6H2,1-3H3,(H,14,15). The minimum atomic E-state index is -3.26. The van der Waals surface area contributed by atoms with E-state index in [4.69, 9.17) is 5.11 Å². The van der Waals surface area contributed by atoms with E-state index >= 15 is 0 Å². The molecule has 0 aromatic carbocycles. The summed E-state index contributed by atoms with van der Waals surface area (Å²) in [6.07, 6.45) is 1.93. The van der Waals surface area contributed by atoms with Crippen LogP contribution in [-0.4, -0.2) is 46.3 Å². The molecule has 0 aliphatic carbocycles. The highest BCUT2D eigenvalue weighted by Gasteiger charge is 2.25. The first-order valence-electron chi connectivity index (χ1n) is 5.74. The van der Waals surface area contributed by atoms with Crippen LogP contribution < -0.4 is 0 Å². The second-order valence-electron chi connectivity index (χ2n) is 4.15. The number of nitrogens with zero attached hydrogens (tertiary/aromatic N) is 3. The summed E-state index contributed by atoms with van der Waals surface area (Å²) in [5, 5.41) is 16.1. The van der Waals surface area contributed by atoms with Gasteiger partial charge in [-0.1, -0.05) is 18.7 Å². The highest BCUT2D eigenvalue weighted by atomic mass is 32.2. The van der Waals surface area contributed by atoms with Crippen LogP contribution in [0.1, 0.15) is 31.3 Å². The van der Waals surface area contributed by atoms with Gasteiger partial charge in [-0.25, -0.2) is 8.42 Å². The van der Waals surface area contributed by atoms with Crippen LogP contribution in [0.5, 0.6) is 0 Å². The lowest BCUT2D eigenvalue weighted by Crippen LogP contribution is -2.15. The average molecular weight is 307 g/mol. The second kappa shape index (κ2) is 6.38. The van der Waals surface area contributed by atoms with Gasteiger partial charge in [0.2, 0.25) is 0 Å². The molecule has 19 heavy (non-hydrogen) atoms. The van der Waals surface area contributed by atoms with Crippen LogP contribution >= 0.6 is 11.8 Å². The predicted molar refractivity (Wildman–Crippen MR) is 71.9 cm³/mol. The van der Waals surface area contributed by atoms with Gasteiger partial charge in [0, 0.05) is 12.8 Å². The zero-order chi connectivity index (χ0) is 14.6. The first-order valence-corrected chi connectivity index (χ1v) is 8.68. The molecule has 0 spiro atoms. The van der Waals surface area contributed by atoms with Crippen LogP contribution in [0.25, 0.3) is 0 Å². The third kappa shape index (κ3) is 4.20. The first kappa shape index (κ1) is 16.0. The molecule has 1 aromatic heterocycles. The summed E-state index contributed by atoms with van der Waals surface area (Å²) in [5.41, 5.74) is 0. The Morgan fingerprint density at radius 3 is 2.58 bits per heavy atom. The lowest BCUT2D eigenvalue weighted by molar-refractivity contribution is -0.133. The maximum atomic E-state index is 11.6. The molecule has 0 aliphatic rings. The van der Waals surface area contributed by atoms with Gasteiger partial charge < -0.3 is 9.67 Å². The largest absolute Gasteiger partial charge is 0.481 e. The number of aliphatic carboxylic acids is 1. The number of carbonyl (C=O) groups is 1. The number of hydrogen-bond acceptors (Lipinski definition) is 6. The molecule has 0 saturated heterocycles. The van der Waals surface area contributed by atoms with E-state index < -0.39 is 21.1 Å². The van der Waals surface area contributed by atoms with Crippen LogP contribution in [0.3, 0.4) is 0 Å². The highest BCUT2D eigenvalue weighted by molar-refractivity contribution is 7.99. The molecule has 1 unspecified atom stereocenters. The molecular formula is C10H17N3O4S2. The Morgan fingerprint density at radius 2 is 2.11 bits per heavy atom. The summed E-state index contributed by atoms with van der Waals surface area (Å²) in [6.45, 7) is 4.06. The van der Waals surface area contributed by atoms with Crippen LogP contribution in [0.15, 0.2) is 5.16 Å². The van der Waals surface area contributed by atoms with Gasteiger partial charge in [-0.3, -0.25) is 4.79 Å². The number of carboxylic acid groups (broad SMARTS) is 1. The number of thioether (sulfide) groups is 1. The Morgan fingerprint density at radius 1 is 1.47 bits per heavy atom. The molecular weight excluding hydrogens is 290 g/mol. The summed E-state index contributed by atoms with van der Waals surface area (Å²) in [7, 11) is -3.26. The van der Waals surface area contributed by atoms with E-state index in [1.165, 1.54) is 0 Å². The third-order valence-corrected chi connectivity index (χ3v) is 4.97. The van der Waals surface area contributed by atoms with Crippen LogP contribution in [0, 0.1) is 0 Å². The molecule has 1 rings (SSSR count). The minimum absolute atomic E-state index is 0.130. The smallest absolute Gasteiger partial charge is 0.313 e.